The zero-order valence-corrected chi connectivity index (χ0v) is 14.5. The van der Waals surface area contributed by atoms with E-state index in [0.717, 1.165) is 16.7 Å². The van der Waals surface area contributed by atoms with Crippen molar-refractivity contribution in [2.45, 2.75) is 26.8 Å². The molecule has 0 bridgehead atoms. The topological polar surface area (TPSA) is 49.4 Å². The SMILES string of the molecule is Cc1ccc2c(c1)[C@H](c1ccc(F)cc1)N(C(=O)C(C)C)CC(=O)N2. The predicted molar refractivity (Wildman–Crippen MR) is 94.6 cm³/mol. The van der Waals surface area contributed by atoms with Gasteiger partial charge in [0.2, 0.25) is 11.8 Å². The quantitative estimate of drug-likeness (QED) is 0.907. The van der Waals surface area contributed by atoms with Gasteiger partial charge in [-0.1, -0.05) is 43.7 Å². The van der Waals surface area contributed by atoms with Gasteiger partial charge < -0.3 is 10.2 Å². The van der Waals surface area contributed by atoms with Crippen molar-refractivity contribution in [3.05, 3.63) is 65.0 Å². The molecule has 0 aliphatic carbocycles. The van der Waals surface area contributed by atoms with Crippen LogP contribution in [0, 0.1) is 18.7 Å². The van der Waals surface area contributed by atoms with Crippen LogP contribution in [0.5, 0.6) is 0 Å². The molecule has 1 heterocycles. The fourth-order valence-corrected chi connectivity index (χ4v) is 3.17. The van der Waals surface area contributed by atoms with Gasteiger partial charge in [0.15, 0.2) is 0 Å². The molecule has 0 spiro atoms. The standard InChI is InChI=1S/C20H21FN2O2/c1-12(2)20(25)23-11-18(24)22-17-9-4-13(3)10-16(17)19(23)14-5-7-15(21)8-6-14/h4-10,12,19H,11H2,1-3H3,(H,22,24)/t19-/m0/s1. The zero-order chi connectivity index (χ0) is 18.1. The van der Waals surface area contributed by atoms with Crippen LogP contribution >= 0.6 is 0 Å². The van der Waals surface area contributed by atoms with Crippen LogP contribution in [0.4, 0.5) is 10.1 Å². The summed E-state index contributed by atoms with van der Waals surface area (Å²) < 4.78 is 13.4. The molecule has 2 aromatic rings. The van der Waals surface area contributed by atoms with Gasteiger partial charge in [-0.2, -0.15) is 0 Å². The third-order valence-electron chi connectivity index (χ3n) is 4.36. The Kier molecular flexibility index (Phi) is 4.57. The number of rotatable bonds is 2. The van der Waals surface area contributed by atoms with Crippen molar-refractivity contribution in [1.29, 1.82) is 0 Å². The normalized spacial score (nSPS) is 17.1. The van der Waals surface area contributed by atoms with Crippen LogP contribution in [-0.2, 0) is 9.59 Å². The van der Waals surface area contributed by atoms with Gasteiger partial charge >= 0.3 is 0 Å². The predicted octanol–water partition coefficient (Wildman–Crippen LogP) is 3.66. The summed E-state index contributed by atoms with van der Waals surface area (Å²) in [7, 11) is 0. The third kappa shape index (κ3) is 3.40. The van der Waals surface area contributed by atoms with Crippen LogP contribution in [0.1, 0.15) is 36.6 Å². The minimum atomic E-state index is -0.440. The molecule has 1 aliphatic heterocycles. The highest BCUT2D eigenvalue weighted by molar-refractivity contribution is 5.97. The Bertz CT molecular complexity index is 815. The van der Waals surface area contributed by atoms with Crippen molar-refractivity contribution in [3.63, 3.8) is 0 Å². The lowest BCUT2D eigenvalue weighted by Gasteiger charge is -2.32. The number of aryl methyl sites for hydroxylation is 1. The molecule has 2 aromatic carbocycles. The summed E-state index contributed by atoms with van der Waals surface area (Å²) >= 11 is 0. The Morgan fingerprint density at radius 2 is 1.88 bits per heavy atom. The smallest absolute Gasteiger partial charge is 0.244 e. The second-order valence-electron chi connectivity index (χ2n) is 6.71. The van der Waals surface area contributed by atoms with E-state index in [9.17, 15) is 14.0 Å². The fraction of sp³-hybridized carbons (Fsp3) is 0.300. The van der Waals surface area contributed by atoms with Crippen LogP contribution in [-0.4, -0.2) is 23.3 Å². The first-order valence-electron chi connectivity index (χ1n) is 8.33. The molecular formula is C20H21FN2O2. The molecule has 0 radical (unpaired) electrons. The summed E-state index contributed by atoms with van der Waals surface area (Å²) in [4.78, 5) is 26.7. The van der Waals surface area contributed by atoms with Crippen LogP contribution in [0.15, 0.2) is 42.5 Å². The maximum absolute atomic E-state index is 13.4. The summed E-state index contributed by atoms with van der Waals surface area (Å²) in [5.41, 5.74) is 3.33. The maximum Gasteiger partial charge on any atom is 0.244 e. The second-order valence-corrected chi connectivity index (χ2v) is 6.71. The van der Waals surface area contributed by atoms with E-state index in [1.165, 1.54) is 12.1 Å². The Labute approximate surface area is 146 Å². The molecule has 5 heteroatoms. The molecule has 0 saturated heterocycles. The first kappa shape index (κ1) is 17.1. The Morgan fingerprint density at radius 3 is 2.52 bits per heavy atom. The molecule has 1 aliphatic rings. The van der Waals surface area contributed by atoms with Gasteiger partial charge in [-0.25, -0.2) is 4.39 Å². The van der Waals surface area contributed by atoms with Crippen molar-refractivity contribution < 1.29 is 14.0 Å². The van der Waals surface area contributed by atoms with Crippen LogP contribution in [0.2, 0.25) is 0 Å². The number of hydrogen-bond donors (Lipinski definition) is 1. The number of carbonyl (C=O) groups is 2. The number of amides is 2. The molecular weight excluding hydrogens is 319 g/mol. The highest BCUT2D eigenvalue weighted by atomic mass is 19.1. The van der Waals surface area contributed by atoms with Gasteiger partial charge in [0.05, 0.1) is 6.04 Å². The molecule has 3 rings (SSSR count). The highest BCUT2D eigenvalue weighted by Gasteiger charge is 2.34. The van der Waals surface area contributed by atoms with Gasteiger partial charge in [-0.05, 0) is 30.7 Å². The first-order chi connectivity index (χ1) is 11.9. The molecule has 1 N–H and O–H groups in total. The molecule has 0 unspecified atom stereocenters. The highest BCUT2D eigenvalue weighted by Crippen LogP contribution is 2.37. The van der Waals surface area contributed by atoms with Gasteiger partial charge in [-0.15, -0.1) is 0 Å². The minimum absolute atomic E-state index is 0.0349. The lowest BCUT2D eigenvalue weighted by Crippen LogP contribution is -2.41. The Morgan fingerprint density at radius 1 is 1.20 bits per heavy atom. The number of carbonyl (C=O) groups excluding carboxylic acids is 2. The summed E-state index contributed by atoms with van der Waals surface area (Å²) in [6.45, 7) is 5.55. The number of halogens is 1. The van der Waals surface area contributed by atoms with E-state index in [-0.39, 0.29) is 30.1 Å². The number of fused-ring (bicyclic) bond motifs is 1. The molecule has 0 saturated carbocycles. The lowest BCUT2D eigenvalue weighted by atomic mass is 9.93. The number of nitrogens with one attached hydrogen (secondary N) is 1. The van der Waals surface area contributed by atoms with Crippen LogP contribution in [0.3, 0.4) is 0 Å². The lowest BCUT2D eigenvalue weighted by molar-refractivity contribution is -0.139. The third-order valence-corrected chi connectivity index (χ3v) is 4.36. The molecule has 0 fully saturated rings. The van der Waals surface area contributed by atoms with Gasteiger partial charge in [0, 0.05) is 17.2 Å². The minimum Gasteiger partial charge on any atom is -0.324 e. The van der Waals surface area contributed by atoms with Crippen molar-refractivity contribution in [2.24, 2.45) is 5.92 Å². The summed E-state index contributed by atoms with van der Waals surface area (Å²) in [6, 6.07) is 11.4. The van der Waals surface area contributed by atoms with Crippen molar-refractivity contribution >= 4 is 17.5 Å². The largest absolute Gasteiger partial charge is 0.324 e. The van der Waals surface area contributed by atoms with Crippen molar-refractivity contribution in [2.75, 3.05) is 11.9 Å². The summed E-state index contributed by atoms with van der Waals surface area (Å²) in [6.07, 6.45) is 0. The molecule has 4 nitrogen and oxygen atoms in total. The van der Waals surface area contributed by atoms with E-state index in [1.54, 1.807) is 17.0 Å². The maximum atomic E-state index is 13.4. The van der Waals surface area contributed by atoms with Crippen molar-refractivity contribution in [1.82, 2.24) is 4.90 Å². The monoisotopic (exact) mass is 340 g/mol. The van der Waals surface area contributed by atoms with E-state index < -0.39 is 6.04 Å². The number of anilines is 1. The average molecular weight is 340 g/mol. The Balaban J connectivity index is 2.21. The summed E-state index contributed by atoms with van der Waals surface area (Å²) in [5.74, 6) is -0.928. The molecule has 0 aromatic heterocycles. The number of hydrogen-bond acceptors (Lipinski definition) is 2. The molecule has 130 valence electrons. The van der Waals surface area contributed by atoms with Gasteiger partial charge in [-0.3, -0.25) is 9.59 Å². The van der Waals surface area contributed by atoms with E-state index in [4.69, 9.17) is 0 Å². The Hall–Kier alpha value is -2.69. The fourth-order valence-electron chi connectivity index (χ4n) is 3.17. The van der Waals surface area contributed by atoms with Gasteiger partial charge in [0.25, 0.3) is 0 Å². The first-order valence-corrected chi connectivity index (χ1v) is 8.33. The van der Waals surface area contributed by atoms with Crippen LogP contribution in [0.25, 0.3) is 0 Å². The van der Waals surface area contributed by atoms with E-state index in [0.29, 0.717) is 5.69 Å². The second kappa shape index (κ2) is 6.67. The summed E-state index contributed by atoms with van der Waals surface area (Å²) in [5, 5.41) is 2.88. The molecule has 1 atom stereocenters. The molecule has 2 amide bonds. The number of nitrogens with zero attached hydrogens (tertiary/aromatic N) is 1. The van der Waals surface area contributed by atoms with Crippen LogP contribution < -0.4 is 5.32 Å². The van der Waals surface area contributed by atoms with E-state index >= 15 is 0 Å². The van der Waals surface area contributed by atoms with Gasteiger partial charge in [0.1, 0.15) is 12.4 Å². The zero-order valence-electron chi connectivity index (χ0n) is 14.5. The van der Waals surface area contributed by atoms with E-state index in [2.05, 4.69) is 5.32 Å². The van der Waals surface area contributed by atoms with Crippen molar-refractivity contribution in [3.8, 4) is 0 Å². The number of benzene rings is 2. The molecule has 25 heavy (non-hydrogen) atoms. The average Bonchev–Trinajstić information content (AvgIpc) is 2.70. The van der Waals surface area contributed by atoms with E-state index in [1.807, 2.05) is 39.0 Å².